The van der Waals surface area contributed by atoms with E-state index in [-0.39, 0.29) is 23.2 Å². The molecule has 1 heterocycles. The molecule has 3 heteroatoms. The van der Waals surface area contributed by atoms with Crippen LogP contribution in [0, 0.1) is 0 Å². The summed E-state index contributed by atoms with van der Waals surface area (Å²) in [5, 5.41) is 0. The first kappa shape index (κ1) is 14.1. The van der Waals surface area contributed by atoms with Crippen LogP contribution in [-0.4, -0.2) is 39.5 Å². The summed E-state index contributed by atoms with van der Waals surface area (Å²) < 4.78 is 0. The van der Waals surface area contributed by atoms with Crippen molar-refractivity contribution < 1.29 is 4.79 Å². The maximum absolute atomic E-state index is 12.5. The molecule has 0 aliphatic carbocycles. The quantitative estimate of drug-likeness (QED) is 0.643. The van der Waals surface area contributed by atoms with Gasteiger partial charge in [0.1, 0.15) is 0 Å². The van der Waals surface area contributed by atoms with Gasteiger partial charge in [-0.2, -0.15) is 0 Å². The molecule has 1 aliphatic heterocycles. The van der Waals surface area contributed by atoms with Crippen molar-refractivity contribution >= 4 is 6.03 Å². The van der Waals surface area contributed by atoms with Gasteiger partial charge in [0, 0.05) is 17.6 Å². The number of allylic oxidation sites excluding steroid dienone is 1. The molecule has 98 valence electrons. The number of amides is 2. The third kappa shape index (κ3) is 2.82. The lowest BCUT2D eigenvalue weighted by Gasteiger charge is -2.36. The maximum Gasteiger partial charge on any atom is 0.321 e. The highest BCUT2D eigenvalue weighted by Crippen LogP contribution is 2.30. The molecule has 1 rings (SSSR count). The van der Waals surface area contributed by atoms with Crippen LogP contribution >= 0.6 is 0 Å². The Morgan fingerprint density at radius 3 is 2.00 bits per heavy atom. The number of urea groups is 1. The molecule has 1 unspecified atom stereocenters. The first-order valence-corrected chi connectivity index (χ1v) is 6.33. The normalized spacial score (nSPS) is 23.0. The summed E-state index contributed by atoms with van der Waals surface area (Å²) in [4.78, 5) is 16.4. The lowest BCUT2D eigenvalue weighted by molar-refractivity contribution is 0.128. The van der Waals surface area contributed by atoms with Crippen molar-refractivity contribution in [1.29, 1.82) is 0 Å². The number of carbonyl (C=O) groups is 1. The lowest BCUT2D eigenvalue weighted by Crippen LogP contribution is -2.50. The zero-order chi connectivity index (χ0) is 13.4. The van der Waals surface area contributed by atoms with Gasteiger partial charge in [0.15, 0.2) is 0 Å². The summed E-state index contributed by atoms with van der Waals surface area (Å²) >= 11 is 0. The standard InChI is InChI=1S/C14H26N2O/c1-8-9-11-10-15(13(2,3)4)12(17)16(11)14(5,6)7/h8-9,11H,10H2,1-7H3/b9-8-. The van der Waals surface area contributed by atoms with Gasteiger partial charge in [-0.05, 0) is 48.5 Å². The van der Waals surface area contributed by atoms with Crippen molar-refractivity contribution in [1.82, 2.24) is 9.80 Å². The van der Waals surface area contributed by atoms with Crippen molar-refractivity contribution in [3.63, 3.8) is 0 Å². The smallest absolute Gasteiger partial charge is 0.317 e. The van der Waals surface area contributed by atoms with Crippen molar-refractivity contribution in [2.45, 2.75) is 65.6 Å². The predicted molar refractivity (Wildman–Crippen MR) is 72.0 cm³/mol. The minimum Gasteiger partial charge on any atom is -0.317 e. The zero-order valence-electron chi connectivity index (χ0n) is 12.2. The van der Waals surface area contributed by atoms with Crippen molar-refractivity contribution in [3.8, 4) is 0 Å². The van der Waals surface area contributed by atoms with Crippen LogP contribution < -0.4 is 0 Å². The Labute approximate surface area is 105 Å². The summed E-state index contributed by atoms with van der Waals surface area (Å²) in [7, 11) is 0. The van der Waals surface area contributed by atoms with E-state index in [9.17, 15) is 4.79 Å². The van der Waals surface area contributed by atoms with Crippen LogP contribution in [-0.2, 0) is 0 Å². The topological polar surface area (TPSA) is 23.6 Å². The third-order valence-electron chi connectivity index (χ3n) is 3.09. The second kappa shape index (κ2) is 4.35. The van der Waals surface area contributed by atoms with Gasteiger partial charge >= 0.3 is 6.03 Å². The monoisotopic (exact) mass is 238 g/mol. The van der Waals surface area contributed by atoms with E-state index < -0.39 is 0 Å². The molecule has 2 amide bonds. The molecule has 0 aromatic carbocycles. The molecule has 0 spiro atoms. The molecule has 0 aromatic rings. The molecule has 0 N–H and O–H groups in total. The van der Waals surface area contributed by atoms with Gasteiger partial charge < -0.3 is 9.80 Å². The number of nitrogens with zero attached hydrogens (tertiary/aromatic N) is 2. The highest BCUT2D eigenvalue weighted by atomic mass is 16.2. The Morgan fingerprint density at radius 2 is 1.65 bits per heavy atom. The largest absolute Gasteiger partial charge is 0.321 e. The number of carbonyl (C=O) groups excluding carboxylic acids is 1. The highest BCUT2D eigenvalue weighted by Gasteiger charge is 2.45. The highest BCUT2D eigenvalue weighted by molar-refractivity contribution is 5.79. The maximum atomic E-state index is 12.5. The molecule has 3 nitrogen and oxygen atoms in total. The molecule has 0 radical (unpaired) electrons. The zero-order valence-corrected chi connectivity index (χ0v) is 12.2. The van der Waals surface area contributed by atoms with Crippen LogP contribution in [0.5, 0.6) is 0 Å². The number of hydrogen-bond donors (Lipinski definition) is 0. The third-order valence-corrected chi connectivity index (χ3v) is 3.09. The van der Waals surface area contributed by atoms with E-state index in [0.717, 1.165) is 6.54 Å². The minimum atomic E-state index is -0.138. The lowest BCUT2D eigenvalue weighted by atomic mass is 10.0. The Kier molecular flexibility index (Phi) is 3.60. The summed E-state index contributed by atoms with van der Waals surface area (Å²) in [5.74, 6) is 0. The fourth-order valence-corrected chi connectivity index (χ4v) is 2.33. The van der Waals surface area contributed by atoms with Crippen LogP contribution in [0.15, 0.2) is 12.2 Å². The Balaban J connectivity index is 3.07. The molecule has 0 saturated carbocycles. The summed E-state index contributed by atoms with van der Waals surface area (Å²) in [6.45, 7) is 15.3. The second-order valence-corrected chi connectivity index (χ2v) is 6.70. The summed E-state index contributed by atoms with van der Waals surface area (Å²) in [6, 6.07) is 0.333. The minimum absolute atomic E-state index is 0.114. The summed E-state index contributed by atoms with van der Waals surface area (Å²) in [6.07, 6.45) is 4.15. The first-order chi connectivity index (χ1) is 7.59. The average Bonchev–Trinajstić information content (AvgIpc) is 2.41. The first-order valence-electron chi connectivity index (χ1n) is 6.33. The van der Waals surface area contributed by atoms with Crippen LogP contribution in [0.2, 0.25) is 0 Å². The van der Waals surface area contributed by atoms with Gasteiger partial charge in [-0.25, -0.2) is 4.79 Å². The Hall–Kier alpha value is -0.990. The second-order valence-electron chi connectivity index (χ2n) is 6.70. The van der Waals surface area contributed by atoms with E-state index in [1.54, 1.807) is 0 Å². The van der Waals surface area contributed by atoms with Gasteiger partial charge in [0.25, 0.3) is 0 Å². The van der Waals surface area contributed by atoms with E-state index in [2.05, 4.69) is 47.6 Å². The van der Waals surface area contributed by atoms with Gasteiger partial charge in [0.05, 0.1) is 6.04 Å². The molecule has 1 atom stereocenters. The molecular weight excluding hydrogens is 212 g/mol. The van der Waals surface area contributed by atoms with E-state index in [0.29, 0.717) is 0 Å². The van der Waals surface area contributed by atoms with Crippen LogP contribution in [0.4, 0.5) is 4.79 Å². The molecule has 1 aliphatic rings. The van der Waals surface area contributed by atoms with Crippen molar-refractivity contribution in [2.75, 3.05) is 6.54 Å². The fourth-order valence-electron chi connectivity index (χ4n) is 2.33. The van der Waals surface area contributed by atoms with Gasteiger partial charge in [0.2, 0.25) is 0 Å². The molecular formula is C14H26N2O. The van der Waals surface area contributed by atoms with Crippen LogP contribution in [0.1, 0.15) is 48.5 Å². The molecule has 17 heavy (non-hydrogen) atoms. The Bertz CT molecular complexity index is 320. The van der Waals surface area contributed by atoms with E-state index in [1.807, 2.05) is 22.8 Å². The average molecular weight is 238 g/mol. The number of rotatable bonds is 1. The van der Waals surface area contributed by atoms with Crippen molar-refractivity contribution in [2.24, 2.45) is 0 Å². The van der Waals surface area contributed by atoms with Crippen molar-refractivity contribution in [3.05, 3.63) is 12.2 Å². The van der Waals surface area contributed by atoms with Crippen LogP contribution in [0.25, 0.3) is 0 Å². The van der Waals surface area contributed by atoms with E-state index in [4.69, 9.17) is 0 Å². The Morgan fingerprint density at radius 1 is 1.12 bits per heavy atom. The van der Waals surface area contributed by atoms with Gasteiger partial charge in [-0.15, -0.1) is 0 Å². The van der Waals surface area contributed by atoms with E-state index >= 15 is 0 Å². The van der Waals surface area contributed by atoms with Gasteiger partial charge in [-0.3, -0.25) is 0 Å². The molecule has 0 aromatic heterocycles. The molecule has 0 bridgehead atoms. The van der Waals surface area contributed by atoms with Crippen LogP contribution in [0.3, 0.4) is 0 Å². The van der Waals surface area contributed by atoms with Gasteiger partial charge in [-0.1, -0.05) is 12.2 Å². The SMILES string of the molecule is C/C=C\C1CN(C(C)(C)C)C(=O)N1C(C)(C)C. The summed E-state index contributed by atoms with van der Waals surface area (Å²) in [5.41, 5.74) is -0.252. The molecule has 1 fully saturated rings. The molecule has 1 saturated heterocycles. The number of hydrogen-bond acceptors (Lipinski definition) is 1. The van der Waals surface area contributed by atoms with E-state index in [1.165, 1.54) is 0 Å². The predicted octanol–water partition coefficient (Wildman–Crippen LogP) is 3.27. The fraction of sp³-hybridized carbons (Fsp3) is 0.786.